The molecule has 0 aromatic heterocycles. The zero-order chi connectivity index (χ0) is 16.1. The molecule has 1 atom stereocenters. The Bertz CT molecular complexity index is 990. The minimum atomic E-state index is -1.88. The van der Waals surface area contributed by atoms with E-state index in [-0.39, 0.29) is 0 Å². The predicted molar refractivity (Wildman–Crippen MR) is 96.1 cm³/mol. The summed E-state index contributed by atoms with van der Waals surface area (Å²) in [5, 5.41) is 0.671. The van der Waals surface area contributed by atoms with E-state index in [4.69, 9.17) is 20.9 Å². The summed E-state index contributed by atoms with van der Waals surface area (Å²) in [7, 11) is 0. The van der Waals surface area contributed by atoms with Crippen molar-refractivity contribution in [2.24, 2.45) is 0 Å². The molecule has 0 radical (unpaired) electrons. The highest BCUT2D eigenvalue weighted by molar-refractivity contribution is 6.77. The van der Waals surface area contributed by atoms with Gasteiger partial charge in [-0.25, -0.2) is 0 Å². The van der Waals surface area contributed by atoms with Gasteiger partial charge in [-0.1, -0.05) is 54.1 Å². The van der Waals surface area contributed by atoms with Gasteiger partial charge in [0.1, 0.15) is 12.0 Å². The number of benzene rings is 3. The molecule has 2 heterocycles. The third-order valence-electron chi connectivity index (χ3n) is 4.56. The molecular weight excluding hydrogens is 320 g/mol. The maximum atomic E-state index is 6.44. The van der Waals surface area contributed by atoms with Gasteiger partial charge in [-0.3, -0.25) is 0 Å². The molecule has 24 heavy (non-hydrogen) atoms. The van der Waals surface area contributed by atoms with Crippen molar-refractivity contribution in [2.75, 3.05) is 0 Å². The van der Waals surface area contributed by atoms with Crippen LogP contribution >= 0.6 is 11.6 Å². The highest BCUT2D eigenvalue weighted by atomic mass is 35.5. The van der Waals surface area contributed by atoms with Crippen molar-refractivity contribution in [1.29, 1.82) is 0 Å². The lowest BCUT2D eigenvalue weighted by atomic mass is 9.62. The summed E-state index contributed by atoms with van der Waals surface area (Å²) in [6.45, 7) is -1.88. The first-order chi connectivity index (χ1) is 11.8. The smallest absolute Gasteiger partial charge is 0.618 e. The number of nitrogens with zero attached hydrogens (tertiary/aromatic N) is 1. The number of para-hydroxylation sites is 1. The van der Waals surface area contributed by atoms with E-state index >= 15 is 0 Å². The molecule has 2 aliphatic rings. The van der Waals surface area contributed by atoms with Crippen molar-refractivity contribution in [2.45, 2.75) is 0 Å². The normalized spacial score (nSPS) is 20.1. The van der Waals surface area contributed by atoms with Gasteiger partial charge in [0.15, 0.2) is 5.69 Å². The van der Waals surface area contributed by atoms with Crippen LogP contribution in [0, 0.1) is 0 Å². The molecule has 3 nitrogen and oxygen atoms in total. The van der Waals surface area contributed by atoms with Crippen molar-refractivity contribution in [3.8, 4) is 11.5 Å². The Morgan fingerprint density at radius 3 is 2.42 bits per heavy atom. The van der Waals surface area contributed by atoms with Crippen LogP contribution in [-0.2, 0) is 0 Å². The zero-order valence-corrected chi connectivity index (χ0v) is 13.5. The maximum absolute atomic E-state index is 6.44. The van der Waals surface area contributed by atoms with Crippen LogP contribution in [0.5, 0.6) is 11.5 Å². The fraction of sp³-hybridized carbons (Fsp3) is 0. The second-order valence-electron chi connectivity index (χ2n) is 6.00. The molecule has 1 unspecified atom stereocenters. The topological polar surface area (TPSA) is 21.5 Å². The molecule has 5 heteroatoms. The van der Waals surface area contributed by atoms with E-state index in [2.05, 4.69) is 10.7 Å². The van der Waals surface area contributed by atoms with Crippen LogP contribution in [0.15, 0.2) is 72.8 Å². The third-order valence-corrected chi connectivity index (χ3v) is 4.79. The van der Waals surface area contributed by atoms with Crippen LogP contribution in [0.25, 0.3) is 0 Å². The maximum Gasteiger partial charge on any atom is 0.685 e. The van der Waals surface area contributed by atoms with E-state index < -0.39 is 6.69 Å². The number of rotatable bonds is 1. The van der Waals surface area contributed by atoms with Crippen LogP contribution in [0.4, 0.5) is 5.69 Å². The van der Waals surface area contributed by atoms with Crippen molar-refractivity contribution < 1.29 is 13.8 Å². The molecule has 0 fully saturated rings. The first-order valence-corrected chi connectivity index (χ1v) is 8.24. The first kappa shape index (κ1) is 13.7. The fourth-order valence-electron chi connectivity index (χ4n) is 3.46. The molecule has 0 saturated heterocycles. The van der Waals surface area contributed by atoms with E-state index in [0.717, 1.165) is 28.2 Å². The van der Waals surface area contributed by atoms with E-state index in [1.807, 2.05) is 72.8 Å². The minimum Gasteiger partial charge on any atom is -0.618 e. The Hall–Kier alpha value is -2.72. The predicted octanol–water partition coefficient (Wildman–Crippen LogP) is 3.73. The summed E-state index contributed by atoms with van der Waals surface area (Å²) < 4.78 is 14.9. The van der Waals surface area contributed by atoms with Crippen LogP contribution in [0.1, 0.15) is 5.56 Å². The monoisotopic (exact) mass is 333 g/mol. The second-order valence-corrected chi connectivity index (χ2v) is 6.44. The molecule has 3 aromatic carbocycles. The van der Waals surface area contributed by atoms with Crippen LogP contribution in [0.2, 0.25) is 5.02 Å². The van der Waals surface area contributed by atoms with Gasteiger partial charge < -0.3 is 13.8 Å². The van der Waals surface area contributed by atoms with Gasteiger partial charge in [-0.05, 0) is 29.7 Å². The molecule has 5 rings (SSSR count). The second kappa shape index (κ2) is 4.89. The molecular formula is C19H13BClNO2. The van der Waals surface area contributed by atoms with Gasteiger partial charge >= 0.3 is 6.69 Å². The molecule has 116 valence electrons. The average molecular weight is 334 g/mol. The molecule has 2 aliphatic heterocycles. The van der Waals surface area contributed by atoms with Gasteiger partial charge in [0.2, 0.25) is 0 Å². The Balaban J connectivity index is 1.81. The Kier molecular flexibility index (Phi) is 2.79. The zero-order valence-electron chi connectivity index (χ0n) is 12.7. The van der Waals surface area contributed by atoms with E-state index in [1.54, 1.807) is 0 Å². The summed E-state index contributed by atoms with van der Waals surface area (Å²) in [4.78, 5) is 0. The first-order valence-electron chi connectivity index (χ1n) is 7.86. The number of hydrogen-bond donors (Lipinski definition) is 0. The highest BCUT2D eigenvalue weighted by Gasteiger charge is 2.57. The van der Waals surface area contributed by atoms with Crippen molar-refractivity contribution in [1.82, 2.24) is 0 Å². The van der Waals surface area contributed by atoms with Crippen LogP contribution in [-0.4, -0.2) is 17.4 Å². The highest BCUT2D eigenvalue weighted by Crippen LogP contribution is 2.42. The Morgan fingerprint density at radius 2 is 1.54 bits per heavy atom. The van der Waals surface area contributed by atoms with E-state index in [9.17, 15) is 0 Å². The summed E-state index contributed by atoms with van der Waals surface area (Å²) in [6.07, 6.45) is 2.08. The van der Waals surface area contributed by atoms with Crippen molar-refractivity contribution >= 4 is 35.7 Å². The number of halogens is 1. The van der Waals surface area contributed by atoms with Gasteiger partial charge in [-0.15, -0.1) is 0 Å². The quantitative estimate of drug-likeness (QED) is 0.633. The van der Waals surface area contributed by atoms with Crippen molar-refractivity contribution in [3.63, 3.8) is 0 Å². The average Bonchev–Trinajstić information content (AvgIpc) is 2.94. The van der Waals surface area contributed by atoms with Gasteiger partial charge in [0, 0.05) is 11.1 Å². The fourth-order valence-corrected chi connectivity index (χ4v) is 3.63. The summed E-state index contributed by atoms with van der Waals surface area (Å²) in [5.41, 5.74) is 2.92. The van der Waals surface area contributed by atoms with E-state index in [0.29, 0.717) is 5.02 Å². The van der Waals surface area contributed by atoms with E-state index in [1.165, 1.54) is 0 Å². The van der Waals surface area contributed by atoms with Crippen LogP contribution < -0.4 is 14.8 Å². The number of hydrogen-bond acceptors (Lipinski definition) is 2. The standard InChI is InChI=1S/C19H13BClNO2/c21-16-10-11-19-17(12-16)22-13-14-6-4-5-9-18(14)23-20(22,24-19)15-7-2-1-3-8-15/h1-13H. The molecule has 0 amide bonds. The molecule has 0 bridgehead atoms. The van der Waals surface area contributed by atoms with Gasteiger partial charge in [0.25, 0.3) is 0 Å². The van der Waals surface area contributed by atoms with Gasteiger partial charge in [-0.2, -0.15) is 0 Å². The summed E-state index contributed by atoms with van der Waals surface area (Å²) in [5.74, 6) is 1.59. The Labute approximate surface area is 144 Å². The largest absolute Gasteiger partial charge is 0.685 e. The number of fused-ring (bicyclic) bond motifs is 4. The molecule has 0 aliphatic carbocycles. The third kappa shape index (κ3) is 1.83. The van der Waals surface area contributed by atoms with Crippen LogP contribution in [0.3, 0.4) is 0 Å². The Morgan fingerprint density at radius 1 is 0.792 bits per heavy atom. The lowest BCUT2D eigenvalue weighted by Gasteiger charge is -2.35. The van der Waals surface area contributed by atoms with Gasteiger partial charge in [0.05, 0.1) is 11.3 Å². The molecule has 3 aromatic rings. The summed E-state index contributed by atoms with van der Waals surface area (Å²) >= 11 is 6.22. The lowest BCUT2D eigenvalue weighted by molar-refractivity contribution is -0.312. The minimum absolute atomic E-state index is 0.671. The molecule has 0 N–H and O–H groups in total. The summed E-state index contributed by atoms with van der Waals surface area (Å²) in [6, 6.07) is 23.6. The molecule has 0 spiro atoms. The SMILES string of the molecule is Clc1ccc2c(c1)[N+]1=Cc3ccccc3O[B-]1(c1ccccc1)O2. The lowest BCUT2D eigenvalue weighted by Crippen LogP contribution is -2.65. The molecule has 0 saturated carbocycles. The van der Waals surface area contributed by atoms with Crippen molar-refractivity contribution in [3.05, 3.63) is 83.4 Å².